The van der Waals surface area contributed by atoms with Crippen molar-refractivity contribution in [1.82, 2.24) is 15.5 Å². The number of thiocarbonyl (C=S) groups is 1. The zero-order chi connectivity index (χ0) is 21.2. The zero-order valence-electron chi connectivity index (χ0n) is 17.7. The van der Waals surface area contributed by atoms with E-state index in [9.17, 15) is 0 Å². The summed E-state index contributed by atoms with van der Waals surface area (Å²) in [5, 5.41) is 7.39. The molecule has 7 heteroatoms. The molecule has 6 nitrogen and oxygen atoms in total. The molecule has 30 heavy (non-hydrogen) atoms. The fraction of sp³-hybridized carbons (Fsp3) is 0.435. The van der Waals surface area contributed by atoms with E-state index in [-0.39, 0.29) is 6.04 Å². The van der Waals surface area contributed by atoms with E-state index in [4.69, 9.17) is 26.4 Å². The topological polar surface area (TPSA) is 55.0 Å². The Kier molecular flexibility index (Phi) is 8.74. The Balaban J connectivity index is 1.51. The molecule has 1 heterocycles. The van der Waals surface area contributed by atoms with E-state index in [1.165, 1.54) is 11.1 Å². The highest BCUT2D eigenvalue weighted by atomic mass is 32.1. The molecule has 1 atom stereocenters. The Labute approximate surface area is 184 Å². The van der Waals surface area contributed by atoms with E-state index in [2.05, 4.69) is 39.8 Å². The van der Waals surface area contributed by atoms with Crippen LogP contribution < -0.4 is 20.1 Å². The van der Waals surface area contributed by atoms with Gasteiger partial charge in [-0.2, -0.15) is 0 Å². The fourth-order valence-electron chi connectivity index (χ4n) is 3.54. The molecule has 0 radical (unpaired) electrons. The summed E-state index contributed by atoms with van der Waals surface area (Å²) in [5.41, 5.74) is 2.49. The first-order chi connectivity index (χ1) is 14.7. The largest absolute Gasteiger partial charge is 0.497 e. The number of hydrogen-bond donors (Lipinski definition) is 2. The van der Waals surface area contributed by atoms with Gasteiger partial charge in [0, 0.05) is 26.2 Å². The molecule has 0 spiro atoms. The van der Waals surface area contributed by atoms with E-state index in [0.717, 1.165) is 57.3 Å². The molecule has 2 N–H and O–H groups in total. The van der Waals surface area contributed by atoms with E-state index in [0.29, 0.717) is 5.11 Å². The maximum atomic E-state index is 5.53. The summed E-state index contributed by atoms with van der Waals surface area (Å²) in [6.07, 6.45) is 0.900. The van der Waals surface area contributed by atoms with Crippen LogP contribution in [0.2, 0.25) is 0 Å². The number of hydrogen-bond acceptors (Lipinski definition) is 5. The van der Waals surface area contributed by atoms with Crippen molar-refractivity contribution >= 4 is 17.3 Å². The quantitative estimate of drug-likeness (QED) is 0.595. The van der Waals surface area contributed by atoms with Crippen molar-refractivity contribution < 1.29 is 14.2 Å². The molecule has 2 aromatic rings. The van der Waals surface area contributed by atoms with Crippen LogP contribution in [-0.2, 0) is 11.2 Å². The Bertz CT molecular complexity index is 777. The second-order valence-corrected chi connectivity index (χ2v) is 7.58. The van der Waals surface area contributed by atoms with E-state index in [1.54, 1.807) is 14.2 Å². The summed E-state index contributed by atoms with van der Waals surface area (Å²) in [7, 11) is 3.36. The third kappa shape index (κ3) is 6.58. The highest BCUT2D eigenvalue weighted by Crippen LogP contribution is 2.23. The van der Waals surface area contributed by atoms with Gasteiger partial charge in [-0.25, -0.2) is 0 Å². The Morgan fingerprint density at radius 3 is 2.17 bits per heavy atom. The maximum Gasteiger partial charge on any atom is 0.166 e. The van der Waals surface area contributed by atoms with Gasteiger partial charge < -0.3 is 24.8 Å². The predicted octanol–water partition coefficient (Wildman–Crippen LogP) is 2.78. The number of rotatable bonds is 9. The summed E-state index contributed by atoms with van der Waals surface area (Å²) in [6, 6.07) is 16.6. The van der Waals surface area contributed by atoms with E-state index < -0.39 is 0 Å². The standard InChI is InChI=1S/C23H31N3O3S/c1-27-20-7-3-18(4-8-20)11-12-24-23(30)25-17-22(26-13-15-29-16-14-26)19-5-9-21(28-2)10-6-19/h3-10,22H,11-17H2,1-2H3,(H2,24,25,30). The molecular weight excluding hydrogens is 398 g/mol. The molecule has 1 aliphatic rings. The first-order valence-corrected chi connectivity index (χ1v) is 10.7. The number of ether oxygens (including phenoxy) is 3. The minimum absolute atomic E-state index is 0.223. The van der Waals surface area contributed by atoms with Crippen molar-refractivity contribution in [2.75, 3.05) is 53.6 Å². The molecule has 2 aromatic carbocycles. The Morgan fingerprint density at radius 1 is 0.967 bits per heavy atom. The first kappa shape index (κ1) is 22.3. The third-order valence-electron chi connectivity index (χ3n) is 5.30. The first-order valence-electron chi connectivity index (χ1n) is 10.3. The van der Waals surface area contributed by atoms with Crippen LogP contribution in [0.15, 0.2) is 48.5 Å². The summed E-state index contributed by atoms with van der Waals surface area (Å²) in [4.78, 5) is 2.44. The lowest BCUT2D eigenvalue weighted by atomic mass is 10.0. The van der Waals surface area contributed by atoms with Crippen molar-refractivity contribution in [3.63, 3.8) is 0 Å². The molecule has 0 aliphatic carbocycles. The molecule has 0 amide bonds. The number of methoxy groups -OCH3 is 2. The highest BCUT2D eigenvalue weighted by Gasteiger charge is 2.22. The van der Waals surface area contributed by atoms with Crippen LogP contribution in [0.25, 0.3) is 0 Å². The molecule has 1 saturated heterocycles. The van der Waals surface area contributed by atoms with Crippen molar-refractivity contribution in [3.05, 3.63) is 59.7 Å². The molecule has 0 bridgehead atoms. The van der Waals surface area contributed by atoms with Crippen molar-refractivity contribution in [2.45, 2.75) is 12.5 Å². The number of nitrogens with zero attached hydrogens (tertiary/aromatic N) is 1. The Morgan fingerprint density at radius 2 is 1.57 bits per heavy atom. The molecule has 0 aromatic heterocycles. The maximum absolute atomic E-state index is 5.53. The number of morpholine rings is 1. The summed E-state index contributed by atoms with van der Waals surface area (Å²) < 4.78 is 16.0. The van der Waals surface area contributed by atoms with Gasteiger partial charge in [-0.05, 0) is 54.0 Å². The van der Waals surface area contributed by atoms with Crippen molar-refractivity contribution in [2.24, 2.45) is 0 Å². The van der Waals surface area contributed by atoms with Gasteiger partial charge in [0.05, 0.1) is 33.5 Å². The zero-order valence-corrected chi connectivity index (χ0v) is 18.5. The van der Waals surface area contributed by atoms with Crippen molar-refractivity contribution in [3.8, 4) is 11.5 Å². The lowest BCUT2D eigenvalue weighted by Gasteiger charge is -2.35. The fourth-order valence-corrected chi connectivity index (χ4v) is 3.72. The molecule has 1 fully saturated rings. The van der Waals surface area contributed by atoms with Gasteiger partial charge in [-0.1, -0.05) is 24.3 Å². The third-order valence-corrected chi connectivity index (χ3v) is 5.59. The Hall–Kier alpha value is -2.35. The van der Waals surface area contributed by atoms with Gasteiger partial charge in [0.25, 0.3) is 0 Å². The van der Waals surface area contributed by atoms with Crippen LogP contribution >= 0.6 is 12.2 Å². The van der Waals surface area contributed by atoms with Crippen molar-refractivity contribution in [1.29, 1.82) is 0 Å². The van der Waals surface area contributed by atoms with E-state index >= 15 is 0 Å². The number of benzene rings is 2. The minimum Gasteiger partial charge on any atom is -0.497 e. The van der Waals surface area contributed by atoms with Gasteiger partial charge in [-0.15, -0.1) is 0 Å². The molecule has 1 aliphatic heterocycles. The molecular formula is C23H31N3O3S. The van der Waals surface area contributed by atoms with Crippen LogP contribution in [0.4, 0.5) is 0 Å². The normalized spacial score (nSPS) is 15.3. The lowest BCUT2D eigenvalue weighted by molar-refractivity contribution is 0.0170. The van der Waals surface area contributed by atoms with Crippen LogP contribution in [0.5, 0.6) is 11.5 Å². The van der Waals surface area contributed by atoms with Crippen LogP contribution in [0.3, 0.4) is 0 Å². The van der Waals surface area contributed by atoms with Crippen LogP contribution in [0.1, 0.15) is 17.2 Å². The minimum atomic E-state index is 0.223. The number of nitrogens with one attached hydrogen (secondary N) is 2. The van der Waals surface area contributed by atoms with E-state index in [1.807, 2.05) is 24.3 Å². The van der Waals surface area contributed by atoms with Gasteiger partial charge in [0.1, 0.15) is 11.5 Å². The average molecular weight is 430 g/mol. The SMILES string of the molecule is COc1ccc(CCNC(=S)NCC(c2ccc(OC)cc2)N2CCOCC2)cc1. The molecule has 0 saturated carbocycles. The lowest BCUT2D eigenvalue weighted by Crippen LogP contribution is -2.45. The molecule has 162 valence electrons. The van der Waals surface area contributed by atoms with Gasteiger partial charge in [0.2, 0.25) is 0 Å². The molecule has 3 rings (SSSR count). The summed E-state index contributed by atoms with van der Waals surface area (Å²) in [6.45, 7) is 4.87. The second kappa shape index (κ2) is 11.7. The predicted molar refractivity (Wildman–Crippen MR) is 123 cm³/mol. The van der Waals surface area contributed by atoms with Gasteiger partial charge in [-0.3, -0.25) is 4.90 Å². The summed E-state index contributed by atoms with van der Waals surface area (Å²) >= 11 is 5.51. The smallest absolute Gasteiger partial charge is 0.166 e. The van der Waals surface area contributed by atoms with Crippen LogP contribution in [0, 0.1) is 0 Å². The van der Waals surface area contributed by atoms with Gasteiger partial charge >= 0.3 is 0 Å². The average Bonchev–Trinajstić information content (AvgIpc) is 2.81. The molecule has 1 unspecified atom stereocenters. The monoisotopic (exact) mass is 429 g/mol. The van der Waals surface area contributed by atoms with Gasteiger partial charge in [0.15, 0.2) is 5.11 Å². The summed E-state index contributed by atoms with van der Waals surface area (Å²) in [5.74, 6) is 1.74. The van der Waals surface area contributed by atoms with Crippen LogP contribution in [-0.4, -0.2) is 63.6 Å². The second-order valence-electron chi connectivity index (χ2n) is 7.17. The highest BCUT2D eigenvalue weighted by molar-refractivity contribution is 7.80.